The fourth-order valence-electron chi connectivity index (χ4n) is 1.87. The van der Waals surface area contributed by atoms with Gasteiger partial charge in [0.2, 0.25) is 0 Å². The van der Waals surface area contributed by atoms with E-state index in [4.69, 9.17) is 4.53 Å². The summed E-state index contributed by atoms with van der Waals surface area (Å²) in [5.74, 6) is 0. The van der Waals surface area contributed by atoms with Crippen molar-refractivity contribution >= 4 is 9.76 Å². The molecule has 0 aromatic carbocycles. The van der Waals surface area contributed by atoms with E-state index in [1.807, 2.05) is 0 Å². The molecule has 1 unspecified atom stereocenters. The van der Waals surface area contributed by atoms with Crippen molar-refractivity contribution < 1.29 is 4.53 Å². The minimum absolute atomic E-state index is 0.245. The highest BCUT2D eigenvalue weighted by atomic mass is 28.2. The Labute approximate surface area is 78.2 Å². The highest BCUT2D eigenvalue weighted by Gasteiger charge is 2.23. The van der Waals surface area contributed by atoms with Crippen LogP contribution in [-0.2, 0) is 4.53 Å². The Kier molecular flexibility index (Phi) is 4.88. The van der Waals surface area contributed by atoms with Gasteiger partial charge in [-0.15, -0.1) is 0 Å². The predicted octanol–water partition coefficient (Wildman–Crippen LogP) is 1.70. The van der Waals surface area contributed by atoms with Gasteiger partial charge in [-0.3, -0.25) is 0 Å². The minimum atomic E-state index is -0.245. The monoisotopic (exact) mass is 187 g/mol. The van der Waals surface area contributed by atoms with Crippen molar-refractivity contribution in [1.82, 2.24) is 5.06 Å². The Bertz CT molecular complexity index is 121. The third kappa shape index (κ3) is 2.88. The highest BCUT2D eigenvalue weighted by Crippen LogP contribution is 2.21. The van der Waals surface area contributed by atoms with Gasteiger partial charge in [-0.25, -0.2) is 0 Å². The Balaban J connectivity index is 2.20. The van der Waals surface area contributed by atoms with Crippen LogP contribution in [0.5, 0.6) is 0 Å². The van der Waals surface area contributed by atoms with E-state index in [-0.39, 0.29) is 9.76 Å². The van der Waals surface area contributed by atoms with E-state index in [1.54, 1.807) is 0 Å². The molecule has 2 nitrogen and oxygen atoms in total. The number of hydrogen-bond acceptors (Lipinski definition) is 2. The van der Waals surface area contributed by atoms with Crippen molar-refractivity contribution in [3.05, 3.63) is 0 Å². The van der Waals surface area contributed by atoms with E-state index in [0.717, 1.165) is 6.04 Å². The molecule has 0 bridgehead atoms. The first-order valence-corrected chi connectivity index (χ1v) is 7.27. The summed E-state index contributed by atoms with van der Waals surface area (Å²) in [5, 5.41) is 2.25. The number of rotatable bonds is 5. The van der Waals surface area contributed by atoms with Crippen molar-refractivity contribution in [3.8, 4) is 0 Å². The Morgan fingerprint density at radius 3 is 3.08 bits per heavy atom. The zero-order valence-corrected chi connectivity index (χ0v) is 9.80. The number of hydroxylamine groups is 2. The first-order valence-electron chi connectivity index (χ1n) is 5.28. The van der Waals surface area contributed by atoms with Crippen LogP contribution in [0.25, 0.3) is 0 Å². The van der Waals surface area contributed by atoms with Gasteiger partial charge < -0.3 is 4.53 Å². The van der Waals surface area contributed by atoms with E-state index in [9.17, 15) is 0 Å². The molecule has 3 heteroatoms. The molecule has 0 N–H and O–H groups in total. The molecule has 0 aliphatic carbocycles. The second-order valence-corrected chi connectivity index (χ2v) is 4.33. The maximum absolute atomic E-state index is 5.68. The molecule has 1 atom stereocenters. The normalized spacial score (nSPS) is 26.0. The van der Waals surface area contributed by atoms with Crippen LogP contribution < -0.4 is 0 Å². The van der Waals surface area contributed by atoms with Crippen LogP contribution in [0.2, 0.25) is 6.55 Å². The van der Waals surface area contributed by atoms with Crippen LogP contribution in [0.4, 0.5) is 0 Å². The molecule has 0 spiro atoms. The lowest BCUT2D eigenvalue weighted by Gasteiger charge is -2.23. The van der Waals surface area contributed by atoms with Crippen molar-refractivity contribution in [2.24, 2.45) is 0 Å². The van der Waals surface area contributed by atoms with Crippen molar-refractivity contribution in [1.29, 1.82) is 0 Å². The van der Waals surface area contributed by atoms with Gasteiger partial charge in [-0.2, -0.15) is 5.06 Å². The lowest BCUT2D eigenvalue weighted by atomic mass is 10.1. The highest BCUT2D eigenvalue weighted by molar-refractivity contribution is 6.24. The average molecular weight is 187 g/mol. The van der Waals surface area contributed by atoms with Gasteiger partial charge in [0, 0.05) is 12.6 Å². The number of hydrogen-bond donors (Lipinski definition) is 0. The molecule has 1 saturated heterocycles. The summed E-state index contributed by atoms with van der Waals surface area (Å²) in [6.07, 6.45) is 6.70. The maximum atomic E-state index is 5.68. The third-order valence-corrected chi connectivity index (χ3v) is 3.10. The summed E-state index contributed by atoms with van der Waals surface area (Å²) in [7, 11) is -0.245. The van der Waals surface area contributed by atoms with Crippen LogP contribution in [-0.4, -0.2) is 27.4 Å². The summed E-state index contributed by atoms with van der Waals surface area (Å²) >= 11 is 0. The van der Waals surface area contributed by atoms with E-state index in [1.165, 1.54) is 38.6 Å². The molecular formula is C9H21NOSi. The van der Waals surface area contributed by atoms with Gasteiger partial charge in [-0.05, 0) is 25.8 Å². The molecule has 72 valence electrons. The molecule has 1 rings (SSSR count). The van der Waals surface area contributed by atoms with E-state index in [2.05, 4.69) is 18.5 Å². The number of nitrogens with zero attached hydrogens (tertiary/aromatic N) is 1. The molecule has 1 fully saturated rings. The summed E-state index contributed by atoms with van der Waals surface area (Å²) in [6, 6.07) is 0.748. The zero-order valence-electron chi connectivity index (χ0n) is 8.38. The lowest BCUT2D eigenvalue weighted by molar-refractivity contribution is -0.0707. The third-order valence-electron chi connectivity index (χ3n) is 2.51. The fraction of sp³-hybridized carbons (Fsp3) is 1.00. The van der Waals surface area contributed by atoms with Crippen LogP contribution in [0.1, 0.15) is 39.0 Å². The predicted molar refractivity (Wildman–Crippen MR) is 54.7 cm³/mol. The van der Waals surface area contributed by atoms with Crippen molar-refractivity contribution in [2.75, 3.05) is 6.54 Å². The Morgan fingerprint density at radius 2 is 2.42 bits per heavy atom. The topological polar surface area (TPSA) is 12.5 Å². The average Bonchev–Trinajstić information content (AvgIpc) is 2.50. The molecule has 1 aliphatic rings. The second-order valence-electron chi connectivity index (χ2n) is 3.50. The second kappa shape index (κ2) is 5.73. The largest absolute Gasteiger partial charge is 0.351 e. The van der Waals surface area contributed by atoms with Gasteiger partial charge in [0.25, 0.3) is 0 Å². The quantitative estimate of drug-likeness (QED) is 0.608. The van der Waals surface area contributed by atoms with Gasteiger partial charge in [0.05, 0.1) is 0 Å². The van der Waals surface area contributed by atoms with Gasteiger partial charge in [-0.1, -0.05) is 19.8 Å². The maximum Gasteiger partial charge on any atom is 0.187 e. The zero-order chi connectivity index (χ0) is 8.81. The smallest absolute Gasteiger partial charge is 0.187 e. The summed E-state index contributed by atoms with van der Waals surface area (Å²) in [6.45, 7) is 5.64. The molecule has 0 amide bonds. The van der Waals surface area contributed by atoms with Crippen LogP contribution in [0.15, 0.2) is 0 Å². The van der Waals surface area contributed by atoms with Crippen molar-refractivity contribution in [3.63, 3.8) is 0 Å². The SMILES string of the molecule is CCCCC1CCCN1O[SiH2]C. The summed E-state index contributed by atoms with van der Waals surface area (Å²) in [5.41, 5.74) is 0. The Morgan fingerprint density at radius 1 is 1.58 bits per heavy atom. The lowest BCUT2D eigenvalue weighted by Crippen LogP contribution is -2.30. The number of unbranched alkanes of at least 4 members (excludes halogenated alkanes) is 1. The molecule has 0 saturated carbocycles. The molecule has 12 heavy (non-hydrogen) atoms. The molecule has 0 radical (unpaired) electrons. The van der Waals surface area contributed by atoms with Crippen LogP contribution in [0.3, 0.4) is 0 Å². The fourth-order valence-corrected chi connectivity index (χ4v) is 2.54. The first-order chi connectivity index (χ1) is 5.88. The van der Waals surface area contributed by atoms with Gasteiger partial charge in [0.1, 0.15) is 0 Å². The molecule has 0 aromatic heterocycles. The van der Waals surface area contributed by atoms with E-state index >= 15 is 0 Å². The van der Waals surface area contributed by atoms with E-state index < -0.39 is 0 Å². The molecule has 1 heterocycles. The minimum Gasteiger partial charge on any atom is -0.351 e. The van der Waals surface area contributed by atoms with Gasteiger partial charge >= 0.3 is 0 Å². The summed E-state index contributed by atoms with van der Waals surface area (Å²) in [4.78, 5) is 0. The first kappa shape index (κ1) is 10.2. The molecular weight excluding hydrogens is 166 g/mol. The van der Waals surface area contributed by atoms with E-state index in [0.29, 0.717) is 0 Å². The standard InChI is InChI=1S/C9H21NOSi/c1-3-4-6-9-7-5-8-10(9)11-12-2/h9H,3-8,12H2,1-2H3. The van der Waals surface area contributed by atoms with Crippen LogP contribution in [0, 0.1) is 0 Å². The molecule has 0 aromatic rings. The van der Waals surface area contributed by atoms with Gasteiger partial charge in [0.15, 0.2) is 9.76 Å². The van der Waals surface area contributed by atoms with Crippen LogP contribution >= 0.6 is 0 Å². The van der Waals surface area contributed by atoms with Crippen molar-refractivity contribution in [2.45, 2.75) is 51.6 Å². The Hall–Kier alpha value is 0.137. The molecule has 1 aliphatic heterocycles. The summed E-state index contributed by atoms with van der Waals surface area (Å²) < 4.78 is 5.68.